The van der Waals surface area contributed by atoms with Gasteiger partial charge in [-0.1, -0.05) is 0 Å². The van der Waals surface area contributed by atoms with Crippen molar-refractivity contribution in [3.05, 3.63) is 0 Å². The molecule has 0 aliphatic rings. The molecule has 1 atom stereocenters. The molecule has 0 heterocycles. The number of hydrogen-bond acceptors (Lipinski definition) is 0. The topological polar surface area (TPSA) is 0 Å². The molecule has 0 saturated carbocycles. The average Bonchev–Trinajstić information content (AvgIpc) is 1.61. The molecule has 1 unspecified atom stereocenters. The number of hydrogen-bond donors (Lipinski definition) is 0. The van der Waals surface area contributed by atoms with Gasteiger partial charge < -0.3 is 0 Å². The van der Waals surface area contributed by atoms with Crippen LogP contribution in [0.4, 0.5) is 0 Å². The monoisotopic (exact) mass is 108 g/mol. The molecule has 1 heteroatoms. The van der Waals surface area contributed by atoms with E-state index in [2.05, 4.69) is 13.8 Å². The third kappa shape index (κ3) is 7.00. The summed E-state index contributed by atoms with van der Waals surface area (Å²) >= 11 is 1.38. The summed E-state index contributed by atoms with van der Waals surface area (Å²) in [7, 11) is 0. The predicted molar refractivity (Wildman–Crippen MR) is 34.7 cm³/mol. The third-order valence-electron chi connectivity index (χ3n) is 1.14. The van der Waals surface area contributed by atoms with Gasteiger partial charge in [0.1, 0.15) is 0 Å². The first-order chi connectivity index (χ1) is 3.27. The Hall–Kier alpha value is 1.00. The van der Waals surface area contributed by atoms with Gasteiger partial charge in [0.15, 0.2) is 0 Å². The molecule has 7 heavy (non-hydrogen) atoms. The summed E-state index contributed by atoms with van der Waals surface area (Å²) in [4.78, 5) is 0. The van der Waals surface area contributed by atoms with Crippen LogP contribution in [0.5, 0.6) is 0 Å². The molecule has 0 aromatic carbocycles. The van der Waals surface area contributed by atoms with Gasteiger partial charge in [0.25, 0.3) is 0 Å². The second-order valence-electron chi connectivity index (χ2n) is 2.54. The van der Waals surface area contributed by atoms with E-state index in [4.69, 9.17) is 0 Å². The van der Waals surface area contributed by atoms with Gasteiger partial charge in [-0.15, -0.1) is 0 Å². The number of rotatable bonds is 3. The summed E-state index contributed by atoms with van der Waals surface area (Å²) < 4.78 is 1.04. The zero-order valence-corrected chi connectivity index (χ0v) is 7.70. The van der Waals surface area contributed by atoms with Crippen LogP contribution in [0.1, 0.15) is 33.1 Å². The van der Waals surface area contributed by atoms with Crippen LogP contribution >= 0.6 is 0 Å². The van der Waals surface area contributed by atoms with E-state index in [0.717, 1.165) is 3.17 Å². The molecule has 0 spiro atoms. The van der Waals surface area contributed by atoms with Crippen LogP contribution in [0.15, 0.2) is 0 Å². The molecule has 0 rings (SSSR count). The van der Waals surface area contributed by atoms with Gasteiger partial charge in [-0.3, -0.25) is 0 Å². The molecule has 38 valence electrons. The zero-order valence-electron chi connectivity index (χ0n) is 5.70. The molecule has 0 saturated heterocycles. The second-order valence-corrected chi connectivity index (χ2v) is 4.51. The molecule has 0 radical (unpaired) electrons. The Balaban J connectivity index is 2.68. The van der Waals surface area contributed by atoms with Crippen molar-refractivity contribution in [3.8, 4) is 0 Å². The predicted octanol–water partition coefficient (Wildman–Crippen LogP) is 2.15. The molecule has 0 bridgehead atoms. The van der Waals surface area contributed by atoms with Gasteiger partial charge in [0.2, 0.25) is 0 Å². The van der Waals surface area contributed by atoms with Crippen LogP contribution in [0.3, 0.4) is 0 Å². The van der Waals surface area contributed by atoms with E-state index in [1.165, 1.54) is 47.2 Å². The van der Waals surface area contributed by atoms with E-state index >= 15 is 0 Å². The molecule has 0 aliphatic carbocycles. The van der Waals surface area contributed by atoms with Crippen LogP contribution < -0.4 is 0 Å². The van der Waals surface area contributed by atoms with Crippen LogP contribution in [-0.4, -0.2) is 27.9 Å². The van der Waals surface area contributed by atoms with Gasteiger partial charge >= 0.3 is 64.2 Å². The van der Waals surface area contributed by atoms with Crippen molar-refractivity contribution in [1.29, 1.82) is 0 Å². The molecule has 0 nitrogen and oxygen atoms in total. The summed E-state index contributed by atoms with van der Waals surface area (Å²) in [6.45, 7) is 4.59. The molecule has 0 amide bonds. The van der Waals surface area contributed by atoms with E-state index in [-0.39, 0.29) is 0 Å². The molecule has 0 fully saturated rings. The standard InChI is InChI=1S/C6H13.Na/c1-3-5-6-4-2;/h3H,4-6H2,1-2H3;. The molecule has 0 aliphatic heterocycles. The maximum atomic E-state index is 2.34. The summed E-state index contributed by atoms with van der Waals surface area (Å²) in [5.74, 6) is 0. The van der Waals surface area contributed by atoms with E-state index in [1.54, 1.807) is 0 Å². The Morgan fingerprint density at radius 1 is 1.57 bits per heavy atom. The summed E-state index contributed by atoms with van der Waals surface area (Å²) in [5, 5.41) is 0. The Labute approximate surface area is 64.1 Å². The Morgan fingerprint density at radius 3 is 2.29 bits per heavy atom. The van der Waals surface area contributed by atoms with Crippen LogP contribution in [0.25, 0.3) is 0 Å². The van der Waals surface area contributed by atoms with Crippen molar-refractivity contribution in [1.82, 2.24) is 0 Å². The van der Waals surface area contributed by atoms with E-state index in [0.29, 0.717) is 0 Å². The minimum absolute atomic E-state index is 1.04. The van der Waals surface area contributed by atoms with E-state index < -0.39 is 0 Å². The molecular formula is C6H13Na. The van der Waals surface area contributed by atoms with Crippen molar-refractivity contribution >= 4 is 27.9 Å². The first kappa shape index (κ1) is 8.00. The first-order valence-corrected chi connectivity index (χ1v) is 4.42. The van der Waals surface area contributed by atoms with Crippen LogP contribution in [-0.2, 0) is 0 Å². The van der Waals surface area contributed by atoms with Gasteiger partial charge in [0, 0.05) is 0 Å². The van der Waals surface area contributed by atoms with Gasteiger partial charge in [0.05, 0.1) is 0 Å². The first-order valence-electron chi connectivity index (χ1n) is 3.27. The van der Waals surface area contributed by atoms with Gasteiger partial charge in [-0.2, -0.15) is 0 Å². The van der Waals surface area contributed by atoms with E-state index in [1.807, 2.05) is 0 Å². The van der Waals surface area contributed by atoms with Crippen molar-refractivity contribution in [3.63, 3.8) is 0 Å². The van der Waals surface area contributed by atoms with E-state index in [9.17, 15) is 0 Å². The number of unbranched alkanes of at least 4 members (excludes halogenated alkanes) is 1. The van der Waals surface area contributed by atoms with Gasteiger partial charge in [-0.05, 0) is 0 Å². The summed E-state index contributed by atoms with van der Waals surface area (Å²) in [5.41, 5.74) is 0. The summed E-state index contributed by atoms with van der Waals surface area (Å²) in [6.07, 6.45) is 4.26. The minimum atomic E-state index is 1.04. The molecular weight excluding hydrogens is 95.1 g/mol. The zero-order chi connectivity index (χ0) is 5.70. The SMILES string of the molecule is CCCC[CH](C)[Na]. The normalized spacial score (nSPS) is 14.3. The average molecular weight is 108 g/mol. The quantitative estimate of drug-likeness (QED) is 0.486. The fourth-order valence-corrected chi connectivity index (χ4v) is 1.02. The second kappa shape index (κ2) is 5.14. The fraction of sp³-hybridized carbons (Fsp3) is 1.00. The Kier molecular flexibility index (Phi) is 5.88. The molecule has 0 N–H and O–H groups in total. The maximum absolute atomic E-state index is 2.34. The Morgan fingerprint density at radius 2 is 2.14 bits per heavy atom. The van der Waals surface area contributed by atoms with Crippen molar-refractivity contribution in [2.45, 2.75) is 36.3 Å². The fourth-order valence-electron chi connectivity index (χ4n) is 0.612. The third-order valence-corrected chi connectivity index (χ3v) is 1.71. The van der Waals surface area contributed by atoms with Crippen molar-refractivity contribution < 1.29 is 0 Å². The van der Waals surface area contributed by atoms with Crippen LogP contribution in [0.2, 0.25) is 3.17 Å². The van der Waals surface area contributed by atoms with Gasteiger partial charge in [-0.25, -0.2) is 0 Å². The Bertz CT molecular complexity index is 33.2. The molecule has 0 aromatic heterocycles. The van der Waals surface area contributed by atoms with Crippen molar-refractivity contribution in [2.24, 2.45) is 0 Å². The van der Waals surface area contributed by atoms with Crippen LogP contribution in [0, 0.1) is 0 Å². The summed E-state index contributed by atoms with van der Waals surface area (Å²) in [6, 6.07) is 0. The van der Waals surface area contributed by atoms with Crippen molar-refractivity contribution in [2.75, 3.05) is 0 Å². The molecule has 0 aromatic rings.